The van der Waals surface area contributed by atoms with Crippen molar-refractivity contribution in [1.82, 2.24) is 4.98 Å². The predicted molar refractivity (Wildman–Crippen MR) is 138 cm³/mol. The zero-order valence-electron chi connectivity index (χ0n) is 21.4. The Morgan fingerprint density at radius 2 is 1.74 bits per heavy atom. The smallest absolute Gasteiger partial charge is 0.309 e. The standard InChI is InChI=1S/C28H42N2O4/c1-5-6-7-8-9-10-13-18-30(26-14-11-12-17-29-26)19-20-34-25-21-23(15-16-24(25)33-4)22-28(2,3)27(31)32/h11-12,14-17,21H,5-10,13,18-20,22H2,1-4H3,(H,31,32). The highest BCUT2D eigenvalue weighted by atomic mass is 16.5. The molecule has 0 saturated carbocycles. The second kappa shape index (κ2) is 14.5. The third-order valence-corrected chi connectivity index (χ3v) is 6.08. The lowest BCUT2D eigenvalue weighted by Gasteiger charge is -2.24. The summed E-state index contributed by atoms with van der Waals surface area (Å²) in [7, 11) is 1.61. The van der Waals surface area contributed by atoms with E-state index in [4.69, 9.17) is 9.47 Å². The minimum Gasteiger partial charge on any atom is -0.493 e. The predicted octanol–water partition coefficient (Wildman–Crippen LogP) is 6.38. The monoisotopic (exact) mass is 470 g/mol. The van der Waals surface area contributed by atoms with Crippen LogP contribution in [0.5, 0.6) is 11.5 Å². The minimum atomic E-state index is -0.849. The Hall–Kier alpha value is -2.76. The van der Waals surface area contributed by atoms with Crippen LogP contribution in [-0.4, -0.2) is 42.9 Å². The quantitative estimate of drug-likeness (QED) is 0.271. The summed E-state index contributed by atoms with van der Waals surface area (Å²) in [5.41, 5.74) is 0.0610. The lowest BCUT2D eigenvalue weighted by atomic mass is 9.86. The van der Waals surface area contributed by atoms with Gasteiger partial charge in [-0.1, -0.05) is 57.6 Å². The van der Waals surface area contributed by atoms with Crippen LogP contribution in [-0.2, 0) is 11.2 Å². The van der Waals surface area contributed by atoms with Gasteiger partial charge in [-0.3, -0.25) is 4.79 Å². The molecule has 1 aromatic heterocycles. The van der Waals surface area contributed by atoms with Crippen LogP contribution < -0.4 is 14.4 Å². The van der Waals surface area contributed by atoms with Gasteiger partial charge in [-0.2, -0.15) is 0 Å². The maximum absolute atomic E-state index is 11.5. The number of rotatable bonds is 17. The minimum absolute atomic E-state index is 0.418. The lowest BCUT2D eigenvalue weighted by molar-refractivity contribution is -0.146. The molecular formula is C28H42N2O4. The van der Waals surface area contributed by atoms with Crippen molar-refractivity contribution in [3.63, 3.8) is 0 Å². The van der Waals surface area contributed by atoms with E-state index in [2.05, 4.69) is 16.8 Å². The molecule has 0 aliphatic carbocycles. The molecule has 0 spiro atoms. The van der Waals surface area contributed by atoms with E-state index in [1.807, 2.05) is 42.6 Å². The number of methoxy groups -OCH3 is 1. The van der Waals surface area contributed by atoms with Crippen molar-refractivity contribution in [2.45, 2.75) is 72.1 Å². The molecule has 1 N–H and O–H groups in total. The fourth-order valence-corrected chi connectivity index (χ4v) is 3.94. The number of carboxylic acids is 1. The number of ether oxygens (including phenoxy) is 2. The molecule has 0 bridgehead atoms. The summed E-state index contributed by atoms with van der Waals surface area (Å²) in [4.78, 5) is 18.3. The summed E-state index contributed by atoms with van der Waals surface area (Å²) >= 11 is 0. The van der Waals surface area contributed by atoms with Crippen LogP contribution >= 0.6 is 0 Å². The molecule has 0 unspecified atom stereocenters. The number of anilines is 1. The van der Waals surface area contributed by atoms with E-state index >= 15 is 0 Å². The molecule has 0 atom stereocenters. The number of carbonyl (C=O) groups is 1. The first-order valence-corrected chi connectivity index (χ1v) is 12.6. The molecule has 6 heteroatoms. The molecule has 0 amide bonds. The number of aromatic nitrogens is 1. The zero-order valence-corrected chi connectivity index (χ0v) is 21.4. The number of unbranched alkanes of at least 4 members (excludes halogenated alkanes) is 6. The van der Waals surface area contributed by atoms with Gasteiger partial charge >= 0.3 is 5.97 Å². The molecule has 34 heavy (non-hydrogen) atoms. The van der Waals surface area contributed by atoms with Crippen molar-refractivity contribution in [3.05, 3.63) is 48.2 Å². The highest BCUT2D eigenvalue weighted by Crippen LogP contribution is 2.31. The van der Waals surface area contributed by atoms with E-state index < -0.39 is 11.4 Å². The average Bonchev–Trinajstić information content (AvgIpc) is 2.82. The first-order valence-electron chi connectivity index (χ1n) is 12.6. The van der Waals surface area contributed by atoms with Crippen molar-refractivity contribution in [3.8, 4) is 11.5 Å². The summed E-state index contributed by atoms with van der Waals surface area (Å²) in [6.45, 7) is 7.84. The summed E-state index contributed by atoms with van der Waals surface area (Å²) in [6, 6.07) is 11.6. The van der Waals surface area contributed by atoms with Crippen LogP contribution in [0.25, 0.3) is 0 Å². The molecule has 2 aromatic rings. The molecule has 0 radical (unpaired) electrons. The van der Waals surface area contributed by atoms with Crippen LogP contribution in [0.3, 0.4) is 0 Å². The van der Waals surface area contributed by atoms with Crippen molar-refractivity contribution in [2.24, 2.45) is 5.41 Å². The lowest BCUT2D eigenvalue weighted by Crippen LogP contribution is -2.30. The van der Waals surface area contributed by atoms with E-state index in [1.165, 1.54) is 38.5 Å². The first-order chi connectivity index (χ1) is 16.4. The summed E-state index contributed by atoms with van der Waals surface area (Å²) in [6.07, 6.45) is 11.1. The molecule has 0 saturated heterocycles. The summed E-state index contributed by atoms with van der Waals surface area (Å²) in [5, 5.41) is 9.46. The molecular weight excluding hydrogens is 428 g/mol. The Balaban J connectivity index is 1.96. The van der Waals surface area contributed by atoms with Gasteiger partial charge in [0.05, 0.1) is 19.1 Å². The largest absolute Gasteiger partial charge is 0.493 e. The average molecular weight is 471 g/mol. The third kappa shape index (κ3) is 9.24. The second-order valence-electron chi connectivity index (χ2n) is 9.50. The summed E-state index contributed by atoms with van der Waals surface area (Å²) < 4.78 is 11.6. The van der Waals surface area contributed by atoms with Crippen LogP contribution in [0.2, 0.25) is 0 Å². The Morgan fingerprint density at radius 1 is 1.00 bits per heavy atom. The van der Waals surface area contributed by atoms with Crippen molar-refractivity contribution < 1.29 is 19.4 Å². The van der Waals surface area contributed by atoms with E-state index in [0.29, 0.717) is 31.1 Å². The Bertz CT molecular complexity index is 855. The highest BCUT2D eigenvalue weighted by molar-refractivity contribution is 5.74. The number of hydrogen-bond acceptors (Lipinski definition) is 5. The van der Waals surface area contributed by atoms with Crippen LogP contribution in [0.15, 0.2) is 42.6 Å². The molecule has 2 rings (SSSR count). The van der Waals surface area contributed by atoms with Crippen LogP contribution in [0.4, 0.5) is 5.82 Å². The Morgan fingerprint density at radius 3 is 2.38 bits per heavy atom. The SMILES string of the molecule is CCCCCCCCCN(CCOc1cc(CC(C)(C)C(=O)O)ccc1OC)c1ccccn1. The molecule has 1 aromatic carbocycles. The fourth-order valence-electron chi connectivity index (χ4n) is 3.94. The fraction of sp³-hybridized carbons (Fsp3) is 0.571. The maximum Gasteiger partial charge on any atom is 0.309 e. The molecule has 0 aliphatic heterocycles. The van der Waals surface area contributed by atoms with E-state index in [1.54, 1.807) is 21.0 Å². The van der Waals surface area contributed by atoms with Crippen LogP contribution in [0.1, 0.15) is 71.3 Å². The van der Waals surface area contributed by atoms with Crippen molar-refractivity contribution in [1.29, 1.82) is 0 Å². The van der Waals surface area contributed by atoms with Gasteiger partial charge in [0, 0.05) is 12.7 Å². The van der Waals surface area contributed by atoms with Crippen molar-refractivity contribution in [2.75, 3.05) is 31.7 Å². The van der Waals surface area contributed by atoms with E-state index in [9.17, 15) is 9.90 Å². The molecule has 0 aliphatic rings. The number of pyridine rings is 1. The van der Waals surface area contributed by atoms with Crippen molar-refractivity contribution >= 4 is 11.8 Å². The number of nitrogens with zero attached hydrogens (tertiary/aromatic N) is 2. The topological polar surface area (TPSA) is 71.9 Å². The Labute approximate surface area is 205 Å². The van der Waals surface area contributed by atoms with Gasteiger partial charge in [0.1, 0.15) is 12.4 Å². The number of carboxylic acid groups (broad SMARTS) is 1. The van der Waals surface area contributed by atoms with Gasteiger partial charge in [0.2, 0.25) is 0 Å². The van der Waals surface area contributed by atoms with Gasteiger partial charge in [-0.25, -0.2) is 4.98 Å². The first kappa shape index (κ1) is 27.5. The van der Waals surface area contributed by atoms with Gasteiger partial charge in [-0.15, -0.1) is 0 Å². The molecule has 0 fully saturated rings. The Kier molecular flexibility index (Phi) is 11.7. The second-order valence-corrected chi connectivity index (χ2v) is 9.50. The third-order valence-electron chi connectivity index (χ3n) is 6.08. The van der Waals surface area contributed by atoms with Gasteiger partial charge < -0.3 is 19.5 Å². The molecule has 1 heterocycles. The highest BCUT2D eigenvalue weighted by Gasteiger charge is 2.27. The molecule has 188 valence electrons. The zero-order chi connectivity index (χ0) is 24.8. The molecule has 6 nitrogen and oxygen atoms in total. The maximum atomic E-state index is 11.5. The van der Waals surface area contributed by atoms with E-state index in [-0.39, 0.29) is 0 Å². The van der Waals surface area contributed by atoms with Crippen LogP contribution in [0, 0.1) is 5.41 Å². The summed E-state index contributed by atoms with van der Waals surface area (Å²) in [5.74, 6) is 1.43. The van der Waals surface area contributed by atoms with Gasteiger partial charge in [0.25, 0.3) is 0 Å². The van der Waals surface area contributed by atoms with Gasteiger partial charge in [0.15, 0.2) is 11.5 Å². The van der Waals surface area contributed by atoms with E-state index in [0.717, 1.165) is 24.3 Å². The van der Waals surface area contributed by atoms with Gasteiger partial charge in [-0.05, 0) is 56.5 Å². The number of benzene rings is 1. The number of aliphatic carboxylic acids is 1. The number of hydrogen-bond donors (Lipinski definition) is 1. The normalized spacial score (nSPS) is 11.3.